The number of hydrogen-bond donors (Lipinski definition) is 2. The average Bonchev–Trinajstić information content (AvgIpc) is 2.40. The van der Waals surface area contributed by atoms with E-state index in [-0.39, 0.29) is 5.75 Å². The van der Waals surface area contributed by atoms with Gasteiger partial charge in [-0.15, -0.1) is 0 Å². The fraction of sp³-hybridized carbons (Fsp3) is 0.286. The second kappa shape index (κ2) is 6.15. The van der Waals surface area contributed by atoms with Crippen LogP contribution in [0.1, 0.15) is 12.6 Å². The topological polar surface area (TPSA) is 67.3 Å². The molecule has 2 N–H and O–H groups in total. The summed E-state index contributed by atoms with van der Waals surface area (Å²) < 4.78 is 5.11. The minimum Gasteiger partial charge on any atom is -0.508 e. The molecule has 0 fully saturated rings. The summed E-state index contributed by atoms with van der Waals surface area (Å²) in [6.45, 7) is 3.24. The molecule has 1 heterocycles. The molecule has 0 aliphatic rings. The standard InChI is InChI=1S/C14H17N3O2/c1-3-15-13-8-11(9-19-2)16-14(17-13)10-4-6-12(18)7-5-10/h4-8,18H,3,9H2,1-2H3,(H,15,16,17). The van der Waals surface area contributed by atoms with Crippen molar-refractivity contribution in [3.8, 4) is 17.1 Å². The predicted octanol–water partition coefficient (Wildman–Crippen LogP) is 2.43. The molecule has 0 saturated carbocycles. The van der Waals surface area contributed by atoms with E-state index in [0.29, 0.717) is 12.4 Å². The smallest absolute Gasteiger partial charge is 0.161 e. The third-order valence-corrected chi connectivity index (χ3v) is 2.55. The molecule has 5 nitrogen and oxygen atoms in total. The molecule has 100 valence electrons. The number of rotatable bonds is 5. The Morgan fingerprint density at radius 3 is 2.58 bits per heavy atom. The molecule has 0 aliphatic carbocycles. The molecule has 1 aromatic heterocycles. The summed E-state index contributed by atoms with van der Waals surface area (Å²) in [7, 11) is 1.63. The zero-order chi connectivity index (χ0) is 13.7. The summed E-state index contributed by atoms with van der Waals surface area (Å²) in [5.41, 5.74) is 1.67. The largest absolute Gasteiger partial charge is 0.508 e. The average molecular weight is 259 g/mol. The van der Waals surface area contributed by atoms with E-state index < -0.39 is 0 Å². The number of aromatic hydroxyl groups is 1. The number of methoxy groups -OCH3 is 1. The highest BCUT2D eigenvalue weighted by Gasteiger charge is 2.06. The Morgan fingerprint density at radius 1 is 1.21 bits per heavy atom. The first-order chi connectivity index (χ1) is 9.22. The Kier molecular flexibility index (Phi) is 4.30. The van der Waals surface area contributed by atoms with Crippen molar-refractivity contribution in [1.29, 1.82) is 0 Å². The van der Waals surface area contributed by atoms with E-state index in [1.807, 2.05) is 13.0 Å². The van der Waals surface area contributed by atoms with Gasteiger partial charge < -0.3 is 15.2 Å². The number of hydrogen-bond acceptors (Lipinski definition) is 5. The maximum Gasteiger partial charge on any atom is 0.161 e. The molecule has 1 aromatic carbocycles. The van der Waals surface area contributed by atoms with Crippen LogP contribution in [0, 0.1) is 0 Å². The van der Waals surface area contributed by atoms with E-state index in [9.17, 15) is 5.11 Å². The molecule has 0 atom stereocenters. The Balaban J connectivity index is 2.40. The minimum atomic E-state index is 0.226. The van der Waals surface area contributed by atoms with Crippen molar-refractivity contribution >= 4 is 5.82 Å². The number of ether oxygens (including phenoxy) is 1. The quantitative estimate of drug-likeness (QED) is 0.863. The van der Waals surface area contributed by atoms with Crippen LogP contribution < -0.4 is 5.32 Å². The Labute approximate surface area is 112 Å². The van der Waals surface area contributed by atoms with Crippen molar-refractivity contribution in [1.82, 2.24) is 9.97 Å². The summed E-state index contributed by atoms with van der Waals surface area (Å²) in [5.74, 6) is 1.61. The first-order valence-corrected chi connectivity index (χ1v) is 6.13. The lowest BCUT2D eigenvalue weighted by molar-refractivity contribution is 0.181. The van der Waals surface area contributed by atoms with Crippen molar-refractivity contribution < 1.29 is 9.84 Å². The predicted molar refractivity (Wildman–Crippen MR) is 74.0 cm³/mol. The third kappa shape index (κ3) is 3.42. The molecule has 19 heavy (non-hydrogen) atoms. The van der Waals surface area contributed by atoms with E-state index in [2.05, 4.69) is 15.3 Å². The Hall–Kier alpha value is -2.14. The van der Waals surface area contributed by atoms with Crippen LogP contribution in [0.3, 0.4) is 0 Å². The molecule has 5 heteroatoms. The summed E-state index contributed by atoms with van der Waals surface area (Å²) in [4.78, 5) is 8.89. The fourth-order valence-corrected chi connectivity index (χ4v) is 1.73. The Morgan fingerprint density at radius 2 is 1.95 bits per heavy atom. The molecule has 0 radical (unpaired) electrons. The molecule has 0 aliphatic heterocycles. The van der Waals surface area contributed by atoms with E-state index in [1.165, 1.54) is 0 Å². The number of phenolic OH excluding ortho intramolecular Hbond substituents is 1. The highest BCUT2D eigenvalue weighted by Crippen LogP contribution is 2.20. The number of nitrogens with one attached hydrogen (secondary N) is 1. The van der Waals surface area contributed by atoms with Gasteiger partial charge in [0.1, 0.15) is 11.6 Å². The van der Waals surface area contributed by atoms with Gasteiger partial charge >= 0.3 is 0 Å². The van der Waals surface area contributed by atoms with Crippen molar-refractivity contribution in [2.24, 2.45) is 0 Å². The van der Waals surface area contributed by atoms with Crippen LogP contribution in [-0.4, -0.2) is 28.7 Å². The van der Waals surface area contributed by atoms with Gasteiger partial charge in [-0.2, -0.15) is 0 Å². The van der Waals surface area contributed by atoms with Crippen LogP contribution in [-0.2, 0) is 11.3 Å². The highest BCUT2D eigenvalue weighted by atomic mass is 16.5. The molecule has 2 rings (SSSR count). The molecule has 0 unspecified atom stereocenters. The molecular weight excluding hydrogens is 242 g/mol. The molecule has 0 bridgehead atoms. The monoisotopic (exact) mass is 259 g/mol. The highest BCUT2D eigenvalue weighted by molar-refractivity contribution is 5.58. The van der Waals surface area contributed by atoms with Gasteiger partial charge in [0.15, 0.2) is 5.82 Å². The first kappa shape index (κ1) is 13.3. The van der Waals surface area contributed by atoms with Gasteiger partial charge in [0.25, 0.3) is 0 Å². The van der Waals surface area contributed by atoms with Crippen LogP contribution in [0.25, 0.3) is 11.4 Å². The minimum absolute atomic E-state index is 0.226. The molecule has 0 saturated heterocycles. The van der Waals surface area contributed by atoms with Crippen LogP contribution >= 0.6 is 0 Å². The number of phenols is 1. The second-order valence-corrected chi connectivity index (χ2v) is 4.08. The second-order valence-electron chi connectivity index (χ2n) is 4.08. The maximum absolute atomic E-state index is 9.31. The fourth-order valence-electron chi connectivity index (χ4n) is 1.73. The first-order valence-electron chi connectivity index (χ1n) is 6.13. The SMILES string of the molecule is CCNc1cc(COC)nc(-c2ccc(O)cc2)n1. The van der Waals surface area contributed by atoms with E-state index in [1.54, 1.807) is 31.4 Å². The third-order valence-electron chi connectivity index (χ3n) is 2.55. The summed E-state index contributed by atoms with van der Waals surface area (Å²) in [6, 6.07) is 8.69. The zero-order valence-corrected chi connectivity index (χ0v) is 11.1. The van der Waals surface area contributed by atoms with E-state index in [0.717, 1.165) is 23.6 Å². The van der Waals surface area contributed by atoms with Crippen LogP contribution in [0.15, 0.2) is 30.3 Å². The number of benzene rings is 1. The van der Waals surface area contributed by atoms with Gasteiger partial charge in [-0.3, -0.25) is 0 Å². The molecule has 0 amide bonds. The Bertz CT molecular complexity index is 517. The molecule has 2 aromatic rings. The van der Waals surface area contributed by atoms with Gasteiger partial charge in [0, 0.05) is 25.3 Å². The van der Waals surface area contributed by atoms with E-state index >= 15 is 0 Å². The summed E-state index contributed by atoms with van der Waals surface area (Å²) >= 11 is 0. The van der Waals surface area contributed by atoms with Gasteiger partial charge in [-0.25, -0.2) is 9.97 Å². The lowest BCUT2D eigenvalue weighted by atomic mass is 10.2. The maximum atomic E-state index is 9.31. The van der Waals surface area contributed by atoms with Crippen LogP contribution in [0.4, 0.5) is 5.82 Å². The van der Waals surface area contributed by atoms with Crippen molar-refractivity contribution in [3.63, 3.8) is 0 Å². The van der Waals surface area contributed by atoms with Crippen molar-refractivity contribution in [3.05, 3.63) is 36.0 Å². The summed E-state index contributed by atoms with van der Waals surface area (Å²) in [5, 5.41) is 12.5. The number of nitrogens with zero attached hydrogens (tertiary/aromatic N) is 2. The van der Waals surface area contributed by atoms with E-state index in [4.69, 9.17) is 4.74 Å². The van der Waals surface area contributed by atoms with Crippen LogP contribution in [0.5, 0.6) is 5.75 Å². The van der Waals surface area contributed by atoms with Crippen molar-refractivity contribution in [2.75, 3.05) is 19.0 Å². The van der Waals surface area contributed by atoms with Crippen molar-refractivity contribution in [2.45, 2.75) is 13.5 Å². The molecular formula is C14H17N3O2. The van der Waals surface area contributed by atoms with Gasteiger partial charge in [-0.05, 0) is 31.2 Å². The zero-order valence-electron chi connectivity index (χ0n) is 11.1. The number of anilines is 1. The number of aromatic nitrogens is 2. The normalized spacial score (nSPS) is 10.4. The van der Waals surface area contributed by atoms with Gasteiger partial charge in [0.2, 0.25) is 0 Å². The summed E-state index contributed by atoms with van der Waals surface area (Å²) in [6.07, 6.45) is 0. The molecule has 0 spiro atoms. The van der Waals surface area contributed by atoms with Gasteiger partial charge in [-0.1, -0.05) is 0 Å². The lowest BCUT2D eigenvalue weighted by Crippen LogP contribution is -2.04. The van der Waals surface area contributed by atoms with Crippen LogP contribution in [0.2, 0.25) is 0 Å². The van der Waals surface area contributed by atoms with Gasteiger partial charge in [0.05, 0.1) is 12.3 Å². The lowest BCUT2D eigenvalue weighted by Gasteiger charge is -2.08.